The number of amides is 1. The SMILES string of the molecule is CC(NC(=O)c1ccc(COc2ccc(Cl)cc2Cl)o1)c1ccccc1. The van der Waals surface area contributed by atoms with Crippen molar-refractivity contribution >= 4 is 29.1 Å². The summed E-state index contributed by atoms with van der Waals surface area (Å²) in [5, 5.41) is 3.86. The summed E-state index contributed by atoms with van der Waals surface area (Å²) in [6, 6.07) is 17.9. The summed E-state index contributed by atoms with van der Waals surface area (Å²) in [5.74, 6) is 0.968. The first-order valence-electron chi connectivity index (χ1n) is 8.05. The van der Waals surface area contributed by atoms with E-state index in [9.17, 15) is 4.79 Å². The summed E-state index contributed by atoms with van der Waals surface area (Å²) in [6.07, 6.45) is 0. The molecule has 0 fully saturated rings. The summed E-state index contributed by atoms with van der Waals surface area (Å²) < 4.78 is 11.2. The van der Waals surface area contributed by atoms with Crippen LogP contribution >= 0.6 is 23.2 Å². The zero-order valence-electron chi connectivity index (χ0n) is 14.0. The maximum Gasteiger partial charge on any atom is 0.287 e. The van der Waals surface area contributed by atoms with Crippen molar-refractivity contribution in [2.24, 2.45) is 0 Å². The molecule has 0 saturated carbocycles. The van der Waals surface area contributed by atoms with Crippen LogP contribution < -0.4 is 10.1 Å². The fourth-order valence-corrected chi connectivity index (χ4v) is 2.87. The van der Waals surface area contributed by atoms with Crippen LogP contribution in [0.15, 0.2) is 65.1 Å². The maximum atomic E-state index is 12.3. The second-order valence-electron chi connectivity index (χ2n) is 5.74. The van der Waals surface area contributed by atoms with Crippen molar-refractivity contribution in [1.29, 1.82) is 0 Å². The average Bonchev–Trinajstić information content (AvgIpc) is 3.11. The Kier molecular flexibility index (Phi) is 5.86. The summed E-state index contributed by atoms with van der Waals surface area (Å²) in [5.41, 5.74) is 1.02. The monoisotopic (exact) mass is 389 g/mol. The zero-order chi connectivity index (χ0) is 18.5. The highest BCUT2D eigenvalue weighted by atomic mass is 35.5. The topological polar surface area (TPSA) is 51.5 Å². The summed E-state index contributed by atoms with van der Waals surface area (Å²) in [6.45, 7) is 2.08. The first kappa shape index (κ1) is 18.4. The van der Waals surface area contributed by atoms with Crippen LogP contribution in [0.2, 0.25) is 10.0 Å². The number of rotatable bonds is 6. The van der Waals surface area contributed by atoms with Crippen molar-refractivity contribution in [3.8, 4) is 5.75 Å². The molecule has 3 rings (SSSR count). The van der Waals surface area contributed by atoms with Crippen LogP contribution in [0.4, 0.5) is 0 Å². The number of hydrogen-bond donors (Lipinski definition) is 1. The fourth-order valence-electron chi connectivity index (χ4n) is 2.41. The minimum Gasteiger partial charge on any atom is -0.484 e. The van der Waals surface area contributed by atoms with Crippen LogP contribution in [0, 0.1) is 0 Å². The molecule has 26 heavy (non-hydrogen) atoms. The first-order chi connectivity index (χ1) is 12.5. The predicted molar refractivity (Wildman–Crippen MR) is 102 cm³/mol. The minimum atomic E-state index is -0.280. The smallest absolute Gasteiger partial charge is 0.287 e. The third-order valence-electron chi connectivity index (χ3n) is 3.80. The molecule has 0 radical (unpaired) electrons. The highest BCUT2D eigenvalue weighted by Crippen LogP contribution is 2.28. The van der Waals surface area contributed by atoms with Gasteiger partial charge in [0.05, 0.1) is 11.1 Å². The third kappa shape index (κ3) is 4.59. The lowest BCUT2D eigenvalue weighted by Gasteiger charge is -2.13. The number of halogens is 2. The van der Waals surface area contributed by atoms with Gasteiger partial charge in [-0.2, -0.15) is 0 Å². The van der Waals surface area contributed by atoms with E-state index in [1.165, 1.54) is 0 Å². The van der Waals surface area contributed by atoms with E-state index in [1.54, 1.807) is 30.3 Å². The lowest BCUT2D eigenvalue weighted by Crippen LogP contribution is -2.26. The number of ether oxygens (including phenoxy) is 1. The van der Waals surface area contributed by atoms with Crippen molar-refractivity contribution in [2.75, 3.05) is 0 Å². The van der Waals surface area contributed by atoms with Crippen molar-refractivity contribution in [2.45, 2.75) is 19.6 Å². The molecule has 1 atom stereocenters. The molecule has 0 spiro atoms. The number of carbonyl (C=O) groups is 1. The van der Waals surface area contributed by atoms with Gasteiger partial charge >= 0.3 is 0 Å². The second-order valence-corrected chi connectivity index (χ2v) is 6.58. The van der Waals surface area contributed by atoms with Gasteiger partial charge < -0.3 is 14.5 Å². The van der Waals surface area contributed by atoms with Crippen molar-refractivity contribution < 1.29 is 13.9 Å². The van der Waals surface area contributed by atoms with Crippen molar-refractivity contribution in [3.63, 3.8) is 0 Å². The Morgan fingerprint density at radius 2 is 1.88 bits per heavy atom. The highest BCUT2D eigenvalue weighted by molar-refractivity contribution is 6.35. The van der Waals surface area contributed by atoms with E-state index in [2.05, 4.69) is 5.32 Å². The van der Waals surface area contributed by atoms with E-state index in [1.807, 2.05) is 37.3 Å². The summed E-state index contributed by atoms with van der Waals surface area (Å²) >= 11 is 11.9. The van der Waals surface area contributed by atoms with E-state index in [0.29, 0.717) is 21.6 Å². The van der Waals surface area contributed by atoms with Gasteiger partial charge in [-0.1, -0.05) is 53.5 Å². The van der Waals surface area contributed by atoms with Crippen LogP contribution in [0.25, 0.3) is 0 Å². The Labute approximate surface area is 161 Å². The van der Waals surface area contributed by atoms with E-state index >= 15 is 0 Å². The molecule has 6 heteroatoms. The quantitative estimate of drug-likeness (QED) is 0.591. The Morgan fingerprint density at radius 1 is 1.12 bits per heavy atom. The van der Waals surface area contributed by atoms with Crippen LogP contribution in [0.3, 0.4) is 0 Å². The lowest BCUT2D eigenvalue weighted by molar-refractivity contribution is 0.0907. The molecule has 1 aromatic heterocycles. The van der Waals surface area contributed by atoms with Gasteiger partial charge in [0.2, 0.25) is 0 Å². The molecule has 0 aliphatic heterocycles. The largest absolute Gasteiger partial charge is 0.484 e. The van der Waals surface area contributed by atoms with Gasteiger partial charge in [0.25, 0.3) is 5.91 Å². The number of benzene rings is 2. The lowest BCUT2D eigenvalue weighted by atomic mass is 10.1. The van der Waals surface area contributed by atoms with E-state index < -0.39 is 0 Å². The van der Waals surface area contributed by atoms with Gasteiger partial charge in [-0.25, -0.2) is 0 Å². The fraction of sp³-hybridized carbons (Fsp3) is 0.150. The molecule has 134 valence electrons. The molecule has 2 aromatic carbocycles. The van der Waals surface area contributed by atoms with Crippen LogP contribution in [0.1, 0.15) is 34.8 Å². The molecule has 1 unspecified atom stereocenters. The van der Waals surface area contributed by atoms with E-state index in [0.717, 1.165) is 5.56 Å². The standard InChI is InChI=1S/C20H17Cl2NO3/c1-13(14-5-3-2-4-6-14)23-20(24)19-10-8-16(26-19)12-25-18-9-7-15(21)11-17(18)22/h2-11,13H,12H2,1H3,(H,23,24). The Balaban J connectivity index is 1.59. The van der Waals surface area contributed by atoms with E-state index in [4.69, 9.17) is 32.4 Å². The molecule has 1 amide bonds. The molecule has 0 aliphatic rings. The van der Waals surface area contributed by atoms with Gasteiger partial charge in [-0.3, -0.25) is 4.79 Å². The first-order valence-corrected chi connectivity index (χ1v) is 8.81. The molecule has 0 aliphatic carbocycles. The molecule has 1 heterocycles. The number of carbonyl (C=O) groups excluding carboxylic acids is 1. The Bertz CT molecular complexity index is 893. The van der Waals surface area contributed by atoms with E-state index in [-0.39, 0.29) is 24.3 Å². The van der Waals surface area contributed by atoms with Crippen molar-refractivity contribution in [1.82, 2.24) is 5.32 Å². The average molecular weight is 390 g/mol. The Hall–Kier alpha value is -2.43. The number of furan rings is 1. The maximum absolute atomic E-state index is 12.3. The number of hydrogen-bond acceptors (Lipinski definition) is 3. The molecule has 4 nitrogen and oxygen atoms in total. The molecular weight excluding hydrogens is 373 g/mol. The molecule has 3 aromatic rings. The van der Waals surface area contributed by atoms with Crippen LogP contribution in [0.5, 0.6) is 5.75 Å². The molecule has 1 N–H and O–H groups in total. The zero-order valence-corrected chi connectivity index (χ0v) is 15.6. The predicted octanol–water partition coefficient (Wildman–Crippen LogP) is 5.66. The molecule has 0 bridgehead atoms. The van der Waals surface area contributed by atoms with Crippen LogP contribution in [-0.2, 0) is 6.61 Å². The van der Waals surface area contributed by atoms with Gasteiger partial charge in [-0.05, 0) is 42.8 Å². The highest BCUT2D eigenvalue weighted by Gasteiger charge is 2.15. The van der Waals surface area contributed by atoms with Crippen LogP contribution in [-0.4, -0.2) is 5.91 Å². The molecular formula is C20H17Cl2NO3. The van der Waals surface area contributed by atoms with Gasteiger partial charge in [0, 0.05) is 5.02 Å². The Morgan fingerprint density at radius 3 is 2.62 bits per heavy atom. The normalized spacial score (nSPS) is 11.8. The van der Waals surface area contributed by atoms with Gasteiger partial charge in [-0.15, -0.1) is 0 Å². The second kappa shape index (κ2) is 8.30. The summed E-state index contributed by atoms with van der Waals surface area (Å²) in [7, 11) is 0. The number of nitrogens with one attached hydrogen (secondary N) is 1. The van der Waals surface area contributed by atoms with Gasteiger partial charge in [0.1, 0.15) is 18.1 Å². The van der Waals surface area contributed by atoms with Crippen molar-refractivity contribution in [3.05, 3.63) is 87.8 Å². The summed E-state index contributed by atoms with van der Waals surface area (Å²) in [4.78, 5) is 12.3. The minimum absolute atomic E-state index is 0.124. The third-order valence-corrected chi connectivity index (χ3v) is 4.33. The van der Waals surface area contributed by atoms with Gasteiger partial charge in [0.15, 0.2) is 5.76 Å². The molecule has 0 saturated heterocycles.